The van der Waals surface area contributed by atoms with Crippen LogP contribution in [0.5, 0.6) is 5.75 Å². The van der Waals surface area contributed by atoms with E-state index in [1.54, 1.807) is 6.26 Å². The maximum absolute atomic E-state index is 14.1. The molecule has 0 fully saturated rings. The number of thioether (sulfide) groups is 1. The van der Waals surface area contributed by atoms with Gasteiger partial charge in [-0.15, -0.1) is 0 Å². The summed E-state index contributed by atoms with van der Waals surface area (Å²) in [5, 5.41) is 70.6. The zero-order valence-corrected chi connectivity index (χ0v) is 45.2. The van der Waals surface area contributed by atoms with Gasteiger partial charge in [-0.1, -0.05) is 26.0 Å². The summed E-state index contributed by atoms with van der Waals surface area (Å²) in [5.41, 5.74) is 22.6. The predicted molar refractivity (Wildman–Crippen MR) is 286 cm³/mol. The number of aromatic hydroxyl groups is 1. The van der Waals surface area contributed by atoms with Crippen LogP contribution in [-0.2, 0) is 65.6 Å². The second-order valence-electron chi connectivity index (χ2n) is 18.4. The molecule has 10 amide bonds. The number of nitrogens with zero attached hydrogens (tertiary/aromatic N) is 2. The molecule has 32 nitrogen and oxygen atoms in total. The number of carboxylic acids is 1. The van der Waals surface area contributed by atoms with Crippen molar-refractivity contribution in [3.63, 3.8) is 0 Å². The molecule has 2 rings (SSSR count). The largest absolute Gasteiger partial charge is 0.508 e. The first-order valence-electron chi connectivity index (χ1n) is 24.9. The van der Waals surface area contributed by atoms with Crippen LogP contribution in [0.2, 0.25) is 0 Å². The third-order valence-corrected chi connectivity index (χ3v) is 12.3. The number of primary amides is 1. The number of aromatic nitrogens is 2. The summed E-state index contributed by atoms with van der Waals surface area (Å²) in [6, 6.07) is -10.2. The Morgan fingerprint density at radius 1 is 0.613 bits per heavy atom. The van der Waals surface area contributed by atoms with Crippen LogP contribution in [0.15, 0.2) is 41.8 Å². The molecule has 10 atom stereocenters. The molecule has 2 aromatic rings. The third kappa shape index (κ3) is 23.8. The Kier molecular flexibility index (Phi) is 29.5. The van der Waals surface area contributed by atoms with E-state index in [1.165, 1.54) is 69.3 Å². The van der Waals surface area contributed by atoms with Crippen LogP contribution in [0.1, 0.15) is 57.7 Å². The monoisotopic (exact) mass is 1150 g/mol. The summed E-state index contributed by atoms with van der Waals surface area (Å²) in [7, 11) is 0. The molecule has 0 aliphatic carbocycles. The number of phenols is 1. The predicted octanol–water partition coefficient (Wildman–Crippen LogP) is -7.99. The molecule has 0 aliphatic heterocycles. The molecule has 23 N–H and O–H groups in total. The van der Waals surface area contributed by atoms with Crippen molar-refractivity contribution in [1.82, 2.24) is 57.8 Å². The van der Waals surface area contributed by atoms with Crippen molar-refractivity contribution < 1.29 is 78.3 Å². The van der Waals surface area contributed by atoms with E-state index in [-0.39, 0.29) is 43.9 Å². The molecule has 0 saturated carbocycles. The molecule has 0 saturated heterocycles. The number of nitrogens with one attached hydrogen (secondary N) is 10. The Labute approximate surface area is 463 Å². The number of carboxylic acid groups (broad SMARTS) is 1. The maximum atomic E-state index is 14.1. The van der Waals surface area contributed by atoms with Gasteiger partial charge in [0, 0.05) is 31.3 Å². The maximum Gasteiger partial charge on any atom is 0.326 e. The number of aliphatic carboxylic acids is 1. The van der Waals surface area contributed by atoms with Gasteiger partial charge in [-0.05, 0) is 61.8 Å². The molecule has 0 bridgehead atoms. The van der Waals surface area contributed by atoms with Crippen molar-refractivity contribution >= 4 is 82.8 Å². The number of phenolic OH excluding ortho intramolecular Hbond substituents is 1. The molecule has 33 heteroatoms. The van der Waals surface area contributed by atoms with E-state index in [0.29, 0.717) is 23.4 Å². The van der Waals surface area contributed by atoms with E-state index < -0.39 is 158 Å². The van der Waals surface area contributed by atoms with Crippen molar-refractivity contribution in [1.29, 1.82) is 0 Å². The van der Waals surface area contributed by atoms with Crippen molar-refractivity contribution in [3.05, 3.63) is 48.0 Å². The highest BCUT2D eigenvalue weighted by atomic mass is 32.2. The van der Waals surface area contributed by atoms with Crippen LogP contribution in [-0.4, -0.2) is 205 Å². The number of nitrogens with two attached hydrogens (primary N) is 4. The highest BCUT2D eigenvalue weighted by Gasteiger charge is 2.36. The number of aliphatic hydroxyl groups excluding tert-OH is 3. The minimum Gasteiger partial charge on any atom is -0.508 e. The Balaban J connectivity index is 2.24. The lowest BCUT2D eigenvalue weighted by Crippen LogP contribution is -2.62. The van der Waals surface area contributed by atoms with Crippen LogP contribution < -0.4 is 70.8 Å². The number of benzene rings is 1. The normalized spacial score (nSPS) is 14.8. The minimum atomic E-state index is -1.88. The van der Waals surface area contributed by atoms with Gasteiger partial charge < -0.3 is 101 Å². The van der Waals surface area contributed by atoms with Gasteiger partial charge in [-0.25, -0.2) is 9.78 Å². The number of guanidine groups is 1. The molecule has 80 heavy (non-hydrogen) atoms. The number of rotatable bonds is 36. The average molecular weight is 1150 g/mol. The standard InChI is InChI=1S/C47H74N16O16S/c1-22(2)36(63-44(76)34(20-66)62-43(75)33(19-65)61-42(74)32(18-64)60-37(69)23(3)55-38(70)27(48)6-5-12-53-47(50)51)45(77)58-30(16-35(49)68)41(73)57-29(14-24-7-9-26(67)10-8-24)40(72)56-28(11-13-80-4)39(71)59-31(46(78)79)15-25-17-52-21-54-25/h7-10,17,21-23,27-34,36,64-67H,5-6,11-16,18-20,48H2,1-4H3,(H2,49,68)(H,52,54)(H,55,70)(H,56,72)(H,57,73)(H,58,77)(H,59,71)(H,60,69)(H,61,74)(H,62,75)(H,63,76)(H,78,79)(H4,50,51,53)/t23-,27-,28-,29-,30-,31-,32-,33-,34-,36-/m0/s1. The molecular weight excluding hydrogens is 1080 g/mol. The van der Waals surface area contributed by atoms with Crippen molar-refractivity contribution in [2.45, 2.75) is 120 Å². The van der Waals surface area contributed by atoms with Gasteiger partial charge >= 0.3 is 5.97 Å². The van der Waals surface area contributed by atoms with Gasteiger partial charge in [0.1, 0.15) is 60.1 Å². The number of carbonyl (C=O) groups is 11. The Morgan fingerprint density at radius 3 is 1.60 bits per heavy atom. The zero-order chi connectivity index (χ0) is 60.2. The van der Waals surface area contributed by atoms with E-state index in [0.717, 1.165) is 0 Å². The quantitative estimate of drug-likeness (QED) is 0.0171. The molecular formula is C47H74N16O16S. The Bertz CT molecular complexity index is 2450. The summed E-state index contributed by atoms with van der Waals surface area (Å²) in [6.45, 7) is 1.07. The average Bonchev–Trinajstić information content (AvgIpc) is 3.92. The minimum absolute atomic E-state index is 0.00372. The van der Waals surface area contributed by atoms with Gasteiger partial charge in [0.15, 0.2) is 5.96 Å². The van der Waals surface area contributed by atoms with E-state index in [2.05, 4.69) is 62.8 Å². The summed E-state index contributed by atoms with van der Waals surface area (Å²) < 4.78 is 0. The summed E-state index contributed by atoms with van der Waals surface area (Å²) in [6.07, 6.45) is 3.55. The number of aromatic amines is 1. The van der Waals surface area contributed by atoms with Crippen molar-refractivity contribution in [2.24, 2.45) is 33.8 Å². The number of imidazole rings is 1. The Morgan fingerprint density at radius 2 is 1.10 bits per heavy atom. The van der Waals surface area contributed by atoms with Gasteiger partial charge in [-0.3, -0.25) is 52.9 Å². The lowest BCUT2D eigenvalue weighted by Gasteiger charge is -2.28. The van der Waals surface area contributed by atoms with Crippen LogP contribution in [0.3, 0.4) is 0 Å². The van der Waals surface area contributed by atoms with Crippen LogP contribution >= 0.6 is 11.8 Å². The summed E-state index contributed by atoms with van der Waals surface area (Å²) in [4.78, 5) is 156. The molecule has 1 heterocycles. The fourth-order valence-electron chi connectivity index (χ4n) is 7.14. The first-order valence-corrected chi connectivity index (χ1v) is 26.3. The Hall–Kier alpha value is -8.14. The molecule has 1 aromatic carbocycles. The second-order valence-corrected chi connectivity index (χ2v) is 19.4. The van der Waals surface area contributed by atoms with E-state index in [1.807, 2.05) is 0 Å². The number of aliphatic hydroxyl groups is 3. The van der Waals surface area contributed by atoms with Gasteiger partial charge in [0.05, 0.1) is 38.6 Å². The molecule has 444 valence electrons. The highest BCUT2D eigenvalue weighted by molar-refractivity contribution is 7.98. The fourth-order valence-corrected chi connectivity index (χ4v) is 7.61. The SMILES string of the molecule is CSCC[C@H](NC(=O)[C@H](Cc1ccc(O)cc1)NC(=O)[C@H](CC(N)=O)NC(=O)[C@@H](NC(=O)[C@H](CO)NC(=O)[C@H](CO)NC(=O)[C@H](CO)NC(=O)[C@H](C)NC(=O)[C@@H](N)CCCN=C(N)N)C(C)C)C(=O)N[C@@H](Cc1cnc[nH]1)C(=O)O. The number of hydrogen-bond acceptors (Lipinski definition) is 19. The highest BCUT2D eigenvalue weighted by Crippen LogP contribution is 2.14. The summed E-state index contributed by atoms with van der Waals surface area (Å²) >= 11 is 1.31. The fraction of sp³-hybridized carbons (Fsp3) is 0.553. The first kappa shape index (κ1) is 68.0. The van der Waals surface area contributed by atoms with Crippen LogP contribution in [0.25, 0.3) is 0 Å². The number of aliphatic imine (C=N–C) groups is 1. The number of hydrogen-bond donors (Lipinski definition) is 19. The lowest BCUT2D eigenvalue weighted by molar-refractivity contribution is -0.142. The second kappa shape index (κ2) is 34.7. The number of amides is 10. The van der Waals surface area contributed by atoms with E-state index in [4.69, 9.17) is 22.9 Å². The van der Waals surface area contributed by atoms with Crippen LogP contribution in [0.4, 0.5) is 0 Å². The van der Waals surface area contributed by atoms with Crippen molar-refractivity contribution in [3.8, 4) is 5.75 Å². The van der Waals surface area contributed by atoms with E-state index in [9.17, 15) is 78.3 Å². The molecule has 0 radical (unpaired) electrons. The number of H-pyrrole nitrogens is 1. The third-order valence-electron chi connectivity index (χ3n) is 11.6. The lowest BCUT2D eigenvalue weighted by atomic mass is 10.0. The topological polar surface area (TPSA) is 542 Å². The van der Waals surface area contributed by atoms with Crippen LogP contribution in [0, 0.1) is 5.92 Å². The van der Waals surface area contributed by atoms with Gasteiger partial charge in [0.2, 0.25) is 59.1 Å². The first-order chi connectivity index (χ1) is 37.7. The smallest absolute Gasteiger partial charge is 0.326 e. The van der Waals surface area contributed by atoms with Gasteiger partial charge in [0.25, 0.3) is 0 Å². The number of carbonyl (C=O) groups excluding carboxylic acids is 10. The molecule has 0 unspecified atom stereocenters. The summed E-state index contributed by atoms with van der Waals surface area (Å²) in [5.74, 6) is -12.8. The van der Waals surface area contributed by atoms with Crippen molar-refractivity contribution in [2.75, 3.05) is 38.4 Å². The van der Waals surface area contributed by atoms with Gasteiger partial charge in [-0.2, -0.15) is 11.8 Å². The molecule has 0 aliphatic rings. The van der Waals surface area contributed by atoms with E-state index >= 15 is 0 Å². The molecule has 0 spiro atoms. The molecule has 1 aromatic heterocycles. The zero-order valence-electron chi connectivity index (χ0n) is 44.4.